The number of rotatable bonds is 32. The van der Waals surface area contributed by atoms with E-state index in [0.717, 1.165) is 64.4 Å². The lowest BCUT2D eigenvalue weighted by molar-refractivity contribution is -0.145. The molecule has 0 heterocycles. The number of unbranched alkanes of at least 4 members (excludes halogenated alkanes) is 16. The van der Waals surface area contributed by atoms with E-state index in [9.17, 15) is 14.7 Å². The van der Waals surface area contributed by atoms with Gasteiger partial charge >= 0.3 is 5.97 Å². The number of ether oxygens (including phenoxy) is 1. The van der Waals surface area contributed by atoms with Crippen LogP contribution in [0.5, 0.6) is 0 Å². The van der Waals surface area contributed by atoms with E-state index >= 15 is 0 Å². The maximum atomic E-state index is 12.4. The third-order valence-electron chi connectivity index (χ3n) is 7.95. The van der Waals surface area contributed by atoms with E-state index in [0.29, 0.717) is 25.4 Å². The Balaban J connectivity index is 4.00. The number of carbonyl (C=O) groups excluding carboxylic acids is 2. The van der Waals surface area contributed by atoms with Gasteiger partial charge in [0.2, 0.25) is 0 Å². The molecule has 0 saturated carbocycles. The molecule has 0 aliphatic carbocycles. The first kappa shape index (κ1) is 38.1. The summed E-state index contributed by atoms with van der Waals surface area (Å²) in [7, 11) is 0. The molecule has 0 aromatic rings. The largest absolute Gasteiger partial charge is 0.465 e. The van der Waals surface area contributed by atoms with E-state index in [1.165, 1.54) is 103 Å². The minimum atomic E-state index is -0.00196. The van der Waals surface area contributed by atoms with Crippen LogP contribution in [0.15, 0.2) is 0 Å². The van der Waals surface area contributed by atoms with Gasteiger partial charge < -0.3 is 19.5 Å². The number of hydrogen-bond donors (Lipinski definition) is 1. The van der Waals surface area contributed by atoms with Crippen LogP contribution < -0.4 is 0 Å². The lowest BCUT2D eigenvalue weighted by Gasteiger charge is -2.22. The van der Waals surface area contributed by atoms with E-state index < -0.39 is 0 Å². The summed E-state index contributed by atoms with van der Waals surface area (Å²) < 4.78 is 5.74. The number of aliphatic hydroxyl groups excluding tert-OH is 1. The maximum absolute atomic E-state index is 12.4. The van der Waals surface area contributed by atoms with Crippen molar-refractivity contribution < 1.29 is 19.4 Å². The topological polar surface area (TPSA) is 66.8 Å². The van der Waals surface area contributed by atoms with Crippen LogP contribution in [-0.2, 0) is 14.3 Å². The van der Waals surface area contributed by atoms with Crippen LogP contribution in [0.1, 0.15) is 168 Å². The molecule has 0 bridgehead atoms. The normalized spacial score (nSPS) is 12.2. The van der Waals surface area contributed by atoms with Gasteiger partial charge in [-0.25, -0.2) is 0 Å². The monoisotopic (exact) mass is 554 g/mol. The van der Waals surface area contributed by atoms with Gasteiger partial charge in [0.05, 0.1) is 6.61 Å². The fraction of sp³-hybridized carbons (Fsp3) is 0.941. The lowest BCUT2D eigenvalue weighted by Crippen LogP contribution is -2.27. The molecule has 5 nitrogen and oxygen atoms in total. The van der Waals surface area contributed by atoms with Crippen LogP contribution in [0.2, 0.25) is 0 Å². The standard InChI is InChI=1S/C34H67NO4/c1-3-5-7-9-10-12-18-25-33(24-17-8-6-4-2)32-39-34(38)26-19-13-11-14-20-27-35(29-23-31-37)28-21-15-16-22-30-36/h30,33,37H,3-29,31-32H2,1-2H3. The van der Waals surface area contributed by atoms with Crippen molar-refractivity contribution in [2.75, 3.05) is 32.8 Å². The number of aliphatic hydroxyl groups is 1. The molecule has 1 unspecified atom stereocenters. The van der Waals surface area contributed by atoms with Crippen LogP contribution in [0, 0.1) is 5.92 Å². The summed E-state index contributed by atoms with van der Waals surface area (Å²) >= 11 is 0. The van der Waals surface area contributed by atoms with Crippen LogP contribution in [0.4, 0.5) is 0 Å². The van der Waals surface area contributed by atoms with Crippen molar-refractivity contribution in [3.8, 4) is 0 Å². The summed E-state index contributed by atoms with van der Waals surface area (Å²) in [6, 6.07) is 0. The van der Waals surface area contributed by atoms with Crippen molar-refractivity contribution >= 4 is 12.3 Å². The smallest absolute Gasteiger partial charge is 0.305 e. The Hall–Kier alpha value is -0.940. The fourth-order valence-corrected chi connectivity index (χ4v) is 5.35. The van der Waals surface area contributed by atoms with Gasteiger partial charge in [-0.05, 0) is 64.0 Å². The molecule has 0 fully saturated rings. The molecule has 0 aliphatic rings. The minimum absolute atomic E-state index is 0.00196. The number of hydrogen-bond acceptors (Lipinski definition) is 5. The number of nitrogens with zero attached hydrogens (tertiary/aromatic N) is 1. The first-order chi connectivity index (χ1) is 19.2. The number of aldehydes is 1. The Morgan fingerprint density at radius 2 is 1.15 bits per heavy atom. The highest BCUT2D eigenvalue weighted by Gasteiger charge is 2.12. The van der Waals surface area contributed by atoms with Gasteiger partial charge in [-0.3, -0.25) is 4.79 Å². The predicted molar refractivity (Wildman–Crippen MR) is 166 cm³/mol. The summed E-state index contributed by atoms with van der Waals surface area (Å²) in [5.41, 5.74) is 0. The van der Waals surface area contributed by atoms with Crippen molar-refractivity contribution in [2.24, 2.45) is 5.92 Å². The summed E-state index contributed by atoms with van der Waals surface area (Å²) in [6.45, 7) is 8.49. The molecule has 39 heavy (non-hydrogen) atoms. The molecule has 232 valence electrons. The zero-order valence-electron chi connectivity index (χ0n) is 26.3. The van der Waals surface area contributed by atoms with Gasteiger partial charge in [-0.15, -0.1) is 0 Å². The minimum Gasteiger partial charge on any atom is -0.465 e. The van der Waals surface area contributed by atoms with E-state index in [1.807, 2.05) is 0 Å². The van der Waals surface area contributed by atoms with Gasteiger partial charge in [0.1, 0.15) is 6.29 Å². The summed E-state index contributed by atoms with van der Waals surface area (Å²) in [5.74, 6) is 0.540. The van der Waals surface area contributed by atoms with Crippen LogP contribution >= 0.6 is 0 Å². The molecule has 5 heteroatoms. The van der Waals surface area contributed by atoms with Crippen molar-refractivity contribution in [3.63, 3.8) is 0 Å². The SMILES string of the molecule is CCCCCCCCCC(CCCCCC)COC(=O)CCCCCCCN(CCCO)CCCCCC=O. The summed E-state index contributed by atoms with van der Waals surface area (Å²) in [5, 5.41) is 9.17. The molecule has 0 aliphatic heterocycles. The molecule has 0 aromatic carbocycles. The molecule has 0 radical (unpaired) electrons. The maximum Gasteiger partial charge on any atom is 0.305 e. The second-order valence-electron chi connectivity index (χ2n) is 11.8. The highest BCUT2D eigenvalue weighted by molar-refractivity contribution is 5.69. The molecule has 0 saturated heterocycles. The highest BCUT2D eigenvalue weighted by atomic mass is 16.5. The molecule has 1 N–H and O–H groups in total. The van der Waals surface area contributed by atoms with Crippen molar-refractivity contribution in [2.45, 2.75) is 168 Å². The Labute approximate surface area is 243 Å². The van der Waals surface area contributed by atoms with Crippen molar-refractivity contribution in [1.82, 2.24) is 4.90 Å². The highest BCUT2D eigenvalue weighted by Crippen LogP contribution is 2.20. The molecular formula is C34H67NO4. The van der Waals surface area contributed by atoms with E-state index in [2.05, 4.69) is 18.7 Å². The molecule has 0 aromatic heterocycles. The average Bonchev–Trinajstić information content (AvgIpc) is 2.94. The number of carbonyl (C=O) groups is 2. The van der Waals surface area contributed by atoms with Crippen LogP contribution in [0.25, 0.3) is 0 Å². The quantitative estimate of drug-likeness (QED) is 0.0511. The third-order valence-corrected chi connectivity index (χ3v) is 7.95. The van der Waals surface area contributed by atoms with E-state index in [4.69, 9.17) is 4.74 Å². The molecule has 1 atom stereocenters. The molecule has 0 rings (SSSR count). The molecule has 0 spiro atoms. The fourth-order valence-electron chi connectivity index (χ4n) is 5.35. The first-order valence-corrected chi connectivity index (χ1v) is 17.1. The molecule has 0 amide bonds. The first-order valence-electron chi connectivity index (χ1n) is 17.1. The predicted octanol–water partition coefficient (Wildman–Crippen LogP) is 9.04. The molecular weight excluding hydrogens is 486 g/mol. The zero-order chi connectivity index (χ0) is 28.7. The zero-order valence-corrected chi connectivity index (χ0v) is 26.3. The third kappa shape index (κ3) is 28.4. The lowest BCUT2D eigenvalue weighted by atomic mass is 9.95. The van der Waals surface area contributed by atoms with E-state index in [-0.39, 0.29) is 12.6 Å². The Morgan fingerprint density at radius 1 is 0.667 bits per heavy atom. The second-order valence-corrected chi connectivity index (χ2v) is 11.8. The number of esters is 1. The summed E-state index contributed by atoms with van der Waals surface area (Å²) in [4.78, 5) is 25.3. The van der Waals surface area contributed by atoms with Gasteiger partial charge in [-0.1, -0.05) is 110 Å². The van der Waals surface area contributed by atoms with Crippen LogP contribution in [0.3, 0.4) is 0 Å². The van der Waals surface area contributed by atoms with Gasteiger partial charge in [0, 0.05) is 26.0 Å². The Kier molecular flexibility index (Phi) is 30.8. The van der Waals surface area contributed by atoms with Gasteiger partial charge in [-0.2, -0.15) is 0 Å². The van der Waals surface area contributed by atoms with E-state index in [1.54, 1.807) is 0 Å². The van der Waals surface area contributed by atoms with Crippen molar-refractivity contribution in [1.29, 1.82) is 0 Å². The second kappa shape index (κ2) is 31.6. The average molecular weight is 554 g/mol. The Bertz CT molecular complexity index is 513. The van der Waals surface area contributed by atoms with Crippen LogP contribution in [-0.4, -0.2) is 55.1 Å². The van der Waals surface area contributed by atoms with Crippen molar-refractivity contribution in [3.05, 3.63) is 0 Å². The Morgan fingerprint density at radius 3 is 1.74 bits per heavy atom. The van der Waals surface area contributed by atoms with Gasteiger partial charge in [0.15, 0.2) is 0 Å². The van der Waals surface area contributed by atoms with Gasteiger partial charge in [0.25, 0.3) is 0 Å². The summed E-state index contributed by atoms with van der Waals surface area (Å²) in [6.07, 6.45) is 28.8.